The van der Waals surface area contributed by atoms with Crippen molar-refractivity contribution in [3.63, 3.8) is 0 Å². The van der Waals surface area contributed by atoms with E-state index in [0.29, 0.717) is 5.82 Å². The summed E-state index contributed by atoms with van der Waals surface area (Å²) < 4.78 is 7.34. The molecule has 0 aromatic carbocycles. The molecule has 1 fully saturated rings. The van der Waals surface area contributed by atoms with E-state index in [1.807, 2.05) is 12.1 Å². The molecule has 1 saturated heterocycles. The fourth-order valence-electron chi connectivity index (χ4n) is 2.20. The smallest absolute Gasteiger partial charge is 0.151 e. The van der Waals surface area contributed by atoms with Crippen LogP contribution in [0, 0.1) is 0 Å². The summed E-state index contributed by atoms with van der Waals surface area (Å²) in [5.74, 6) is 0.441. The summed E-state index contributed by atoms with van der Waals surface area (Å²) in [7, 11) is 0. The molecule has 88 valence electrons. The van der Waals surface area contributed by atoms with Gasteiger partial charge in [0.1, 0.15) is 30.3 Å². The molecule has 3 heterocycles. The normalized spacial score (nSPS) is 24.2. The van der Waals surface area contributed by atoms with E-state index >= 15 is 0 Å². The maximum atomic E-state index is 10.7. The van der Waals surface area contributed by atoms with Crippen LogP contribution in [0.1, 0.15) is 24.6 Å². The molecule has 0 saturated carbocycles. The first-order valence-corrected chi connectivity index (χ1v) is 5.48. The molecule has 0 aliphatic carbocycles. The van der Waals surface area contributed by atoms with Crippen LogP contribution in [0.2, 0.25) is 0 Å². The number of hydrogen-bond donors (Lipinski definition) is 1. The summed E-state index contributed by atoms with van der Waals surface area (Å²) >= 11 is 0. The van der Waals surface area contributed by atoms with Gasteiger partial charge in [-0.05, 0) is 25.0 Å². The number of rotatable bonds is 2. The van der Waals surface area contributed by atoms with Gasteiger partial charge in [0.25, 0.3) is 0 Å². The molecule has 6 heteroatoms. The van der Waals surface area contributed by atoms with E-state index in [4.69, 9.17) is 10.5 Å². The minimum atomic E-state index is -0.301. The largest absolute Gasteiger partial charge is 0.382 e. The third-order valence-electron chi connectivity index (χ3n) is 3.05. The highest BCUT2D eigenvalue weighted by Gasteiger charge is 2.28. The van der Waals surface area contributed by atoms with Crippen molar-refractivity contribution in [3.05, 3.63) is 24.2 Å². The highest BCUT2D eigenvalue weighted by molar-refractivity contribution is 5.65. The van der Waals surface area contributed by atoms with Gasteiger partial charge in [0.2, 0.25) is 0 Å². The minimum absolute atomic E-state index is 0.0954. The molecular formula is C11H12N4O2. The van der Waals surface area contributed by atoms with Gasteiger partial charge in [-0.1, -0.05) is 0 Å². The van der Waals surface area contributed by atoms with Crippen molar-refractivity contribution < 1.29 is 9.53 Å². The van der Waals surface area contributed by atoms with E-state index in [1.54, 1.807) is 4.52 Å². The molecule has 2 atom stereocenters. The lowest BCUT2D eigenvalue weighted by atomic mass is 10.1. The van der Waals surface area contributed by atoms with Gasteiger partial charge in [-0.25, -0.2) is 9.50 Å². The molecule has 17 heavy (non-hydrogen) atoms. The number of aromatic nitrogens is 3. The van der Waals surface area contributed by atoms with Gasteiger partial charge < -0.3 is 15.3 Å². The first kappa shape index (κ1) is 10.2. The zero-order chi connectivity index (χ0) is 11.8. The van der Waals surface area contributed by atoms with Crippen LogP contribution in [-0.4, -0.2) is 27.0 Å². The van der Waals surface area contributed by atoms with Crippen LogP contribution >= 0.6 is 0 Å². The molecular weight excluding hydrogens is 220 g/mol. The zero-order valence-corrected chi connectivity index (χ0v) is 9.11. The van der Waals surface area contributed by atoms with Gasteiger partial charge in [-0.15, -0.1) is 0 Å². The summed E-state index contributed by atoms with van der Waals surface area (Å²) in [4.78, 5) is 14.6. The predicted octanol–water partition coefficient (Wildman–Crippen LogP) is 0.730. The first-order chi connectivity index (χ1) is 8.29. The SMILES string of the molecule is Nc1ncnn2c([C@H]3CC[C@@H](C=O)O3)ccc12. The summed E-state index contributed by atoms with van der Waals surface area (Å²) in [6, 6.07) is 3.78. The van der Waals surface area contributed by atoms with E-state index in [1.165, 1.54) is 6.33 Å². The molecule has 2 aromatic rings. The Morgan fingerprint density at radius 3 is 3.12 bits per heavy atom. The number of ether oxygens (including phenoxy) is 1. The molecule has 0 spiro atoms. The Bertz CT molecular complexity index is 566. The maximum absolute atomic E-state index is 10.7. The van der Waals surface area contributed by atoms with E-state index in [2.05, 4.69) is 10.1 Å². The van der Waals surface area contributed by atoms with Crippen molar-refractivity contribution in [2.45, 2.75) is 25.0 Å². The maximum Gasteiger partial charge on any atom is 0.151 e. The lowest BCUT2D eigenvalue weighted by molar-refractivity contribution is -0.117. The van der Waals surface area contributed by atoms with Gasteiger partial charge in [0.15, 0.2) is 5.82 Å². The third-order valence-corrected chi connectivity index (χ3v) is 3.05. The second kappa shape index (κ2) is 3.81. The summed E-state index contributed by atoms with van der Waals surface area (Å²) in [5.41, 5.74) is 7.43. The number of fused-ring (bicyclic) bond motifs is 1. The van der Waals surface area contributed by atoms with Crippen molar-refractivity contribution >= 4 is 17.6 Å². The van der Waals surface area contributed by atoms with Crippen molar-refractivity contribution in [3.8, 4) is 0 Å². The predicted molar refractivity (Wildman–Crippen MR) is 60.3 cm³/mol. The molecule has 2 N–H and O–H groups in total. The van der Waals surface area contributed by atoms with E-state index in [9.17, 15) is 4.79 Å². The molecule has 0 bridgehead atoms. The number of nitrogen functional groups attached to an aromatic ring is 1. The Labute approximate surface area is 97.4 Å². The summed E-state index contributed by atoms with van der Waals surface area (Å²) in [5, 5.41) is 4.15. The number of carbonyl (C=O) groups is 1. The highest BCUT2D eigenvalue weighted by atomic mass is 16.5. The van der Waals surface area contributed by atoms with Crippen LogP contribution in [0.15, 0.2) is 18.5 Å². The molecule has 6 nitrogen and oxygen atoms in total. The van der Waals surface area contributed by atoms with Crippen molar-refractivity contribution in [1.29, 1.82) is 0 Å². The first-order valence-electron chi connectivity index (χ1n) is 5.48. The molecule has 0 amide bonds. The van der Waals surface area contributed by atoms with Gasteiger partial charge in [-0.3, -0.25) is 0 Å². The second-order valence-corrected chi connectivity index (χ2v) is 4.08. The van der Waals surface area contributed by atoms with Gasteiger partial charge >= 0.3 is 0 Å². The summed E-state index contributed by atoms with van der Waals surface area (Å²) in [6.45, 7) is 0. The topological polar surface area (TPSA) is 82.5 Å². The number of anilines is 1. The third kappa shape index (κ3) is 1.57. The molecule has 1 aliphatic heterocycles. The average molecular weight is 232 g/mol. The zero-order valence-electron chi connectivity index (χ0n) is 9.11. The lowest BCUT2D eigenvalue weighted by Crippen LogP contribution is -2.09. The summed E-state index contributed by atoms with van der Waals surface area (Å²) in [6.07, 6.45) is 3.44. The number of carbonyl (C=O) groups excluding carboxylic acids is 1. The minimum Gasteiger partial charge on any atom is -0.382 e. The van der Waals surface area contributed by atoms with Crippen LogP contribution < -0.4 is 5.73 Å². The monoisotopic (exact) mass is 232 g/mol. The fraction of sp³-hybridized carbons (Fsp3) is 0.364. The Hall–Kier alpha value is -1.95. The van der Waals surface area contributed by atoms with Crippen molar-refractivity contribution in [2.24, 2.45) is 0 Å². The second-order valence-electron chi connectivity index (χ2n) is 4.08. The Morgan fingerprint density at radius 1 is 1.47 bits per heavy atom. The number of nitrogens with zero attached hydrogens (tertiary/aromatic N) is 3. The molecule has 2 aromatic heterocycles. The molecule has 1 aliphatic rings. The van der Waals surface area contributed by atoms with E-state index < -0.39 is 0 Å². The van der Waals surface area contributed by atoms with E-state index in [0.717, 1.165) is 30.3 Å². The Morgan fingerprint density at radius 2 is 2.35 bits per heavy atom. The van der Waals surface area contributed by atoms with Crippen LogP contribution in [0.3, 0.4) is 0 Å². The van der Waals surface area contributed by atoms with Crippen LogP contribution in [-0.2, 0) is 9.53 Å². The standard InChI is InChI=1S/C11H12N4O2/c12-11-9-3-2-8(15(9)14-6-13-11)10-4-1-7(5-16)17-10/h2-3,5-7,10H,1,4H2,(H2,12,13,14)/t7-,10+/m0/s1. The molecule has 3 rings (SSSR count). The lowest BCUT2D eigenvalue weighted by Gasteiger charge is -2.10. The van der Waals surface area contributed by atoms with E-state index in [-0.39, 0.29) is 12.2 Å². The van der Waals surface area contributed by atoms with Crippen molar-refractivity contribution in [2.75, 3.05) is 5.73 Å². The number of aldehydes is 1. The van der Waals surface area contributed by atoms with Gasteiger partial charge in [0.05, 0.1) is 5.69 Å². The molecule has 0 radical (unpaired) electrons. The number of nitrogens with two attached hydrogens (primary N) is 1. The van der Waals surface area contributed by atoms with Gasteiger partial charge in [-0.2, -0.15) is 5.10 Å². The van der Waals surface area contributed by atoms with Crippen LogP contribution in [0.5, 0.6) is 0 Å². The fourth-order valence-corrected chi connectivity index (χ4v) is 2.20. The van der Waals surface area contributed by atoms with Crippen molar-refractivity contribution in [1.82, 2.24) is 14.6 Å². The Kier molecular flexibility index (Phi) is 2.29. The van der Waals surface area contributed by atoms with Gasteiger partial charge in [0, 0.05) is 0 Å². The molecule has 0 unspecified atom stereocenters. The van der Waals surface area contributed by atoms with Crippen LogP contribution in [0.4, 0.5) is 5.82 Å². The highest BCUT2D eigenvalue weighted by Crippen LogP contribution is 2.32. The Balaban J connectivity index is 2.01. The average Bonchev–Trinajstić information content (AvgIpc) is 2.94. The van der Waals surface area contributed by atoms with Crippen LogP contribution in [0.25, 0.3) is 5.52 Å². The quantitative estimate of drug-likeness (QED) is 0.772. The number of hydrogen-bond acceptors (Lipinski definition) is 5.